The van der Waals surface area contributed by atoms with Gasteiger partial charge in [0.05, 0.1) is 0 Å². The molecule has 2 heteroatoms. The number of hydrogen-bond donors (Lipinski definition) is 2. The molecule has 0 heterocycles. The molecule has 0 amide bonds. The fourth-order valence-electron chi connectivity index (χ4n) is 3.15. The summed E-state index contributed by atoms with van der Waals surface area (Å²) < 4.78 is 0. The van der Waals surface area contributed by atoms with Gasteiger partial charge in [0.25, 0.3) is 0 Å². The Morgan fingerprint density at radius 2 is 1.68 bits per heavy atom. The largest absolute Gasteiger partial charge is 0.330 e. The van der Waals surface area contributed by atoms with Crippen LogP contribution >= 0.6 is 0 Å². The molecule has 1 aromatic carbocycles. The zero-order valence-electron chi connectivity index (χ0n) is 12.9. The van der Waals surface area contributed by atoms with Gasteiger partial charge in [0.15, 0.2) is 0 Å². The van der Waals surface area contributed by atoms with Gasteiger partial charge in [0, 0.05) is 13.1 Å². The molecule has 0 aromatic heterocycles. The minimum Gasteiger partial charge on any atom is -0.330 e. The van der Waals surface area contributed by atoms with Crippen molar-refractivity contribution in [1.82, 2.24) is 5.32 Å². The molecule has 1 aromatic rings. The van der Waals surface area contributed by atoms with Crippen molar-refractivity contribution in [3.05, 3.63) is 33.9 Å². The summed E-state index contributed by atoms with van der Waals surface area (Å²) in [4.78, 5) is 0. The number of benzene rings is 1. The van der Waals surface area contributed by atoms with E-state index in [-0.39, 0.29) is 0 Å². The van der Waals surface area contributed by atoms with E-state index in [9.17, 15) is 0 Å². The lowest BCUT2D eigenvalue weighted by Crippen LogP contribution is -2.45. The molecule has 0 bridgehead atoms. The molecule has 0 atom stereocenters. The smallest absolute Gasteiger partial charge is 0.0211 e. The predicted octanol–water partition coefficient (Wildman–Crippen LogP) is 3.14. The van der Waals surface area contributed by atoms with E-state index in [2.05, 4.69) is 39.1 Å². The molecule has 19 heavy (non-hydrogen) atoms. The van der Waals surface area contributed by atoms with Crippen LogP contribution in [0.1, 0.15) is 47.1 Å². The lowest BCUT2D eigenvalue weighted by Gasteiger charge is -2.41. The highest BCUT2D eigenvalue weighted by molar-refractivity contribution is 5.43. The second-order valence-corrected chi connectivity index (χ2v) is 6.40. The normalized spacial score (nSPS) is 17.3. The predicted molar refractivity (Wildman–Crippen MR) is 82.4 cm³/mol. The third-order valence-electron chi connectivity index (χ3n) is 5.17. The lowest BCUT2D eigenvalue weighted by molar-refractivity contribution is 0.140. The van der Waals surface area contributed by atoms with E-state index in [1.165, 1.54) is 47.1 Å². The second-order valence-electron chi connectivity index (χ2n) is 6.40. The van der Waals surface area contributed by atoms with Crippen molar-refractivity contribution in [2.45, 2.75) is 53.5 Å². The molecule has 0 spiro atoms. The molecule has 1 aliphatic carbocycles. The third kappa shape index (κ3) is 2.85. The van der Waals surface area contributed by atoms with Crippen LogP contribution in [0.2, 0.25) is 0 Å². The molecule has 2 rings (SSSR count). The Morgan fingerprint density at radius 3 is 2.11 bits per heavy atom. The van der Waals surface area contributed by atoms with E-state index >= 15 is 0 Å². The summed E-state index contributed by atoms with van der Waals surface area (Å²) in [6.07, 6.45) is 3.93. The summed E-state index contributed by atoms with van der Waals surface area (Å²) in [6.45, 7) is 11.8. The number of nitrogens with two attached hydrogens (primary N) is 1. The Balaban J connectivity index is 2.03. The topological polar surface area (TPSA) is 38.0 Å². The summed E-state index contributed by atoms with van der Waals surface area (Å²) in [5.74, 6) is 0. The van der Waals surface area contributed by atoms with Gasteiger partial charge in [-0.2, -0.15) is 0 Å². The lowest BCUT2D eigenvalue weighted by atomic mass is 9.69. The molecule has 1 saturated carbocycles. The van der Waals surface area contributed by atoms with Crippen LogP contribution in [0.3, 0.4) is 0 Å². The molecule has 1 aliphatic rings. The highest BCUT2D eigenvalue weighted by atomic mass is 14.9. The summed E-state index contributed by atoms with van der Waals surface area (Å²) in [7, 11) is 0. The standard InChI is InChI=1S/C17H28N2/c1-12-8-13(2)15(4)16(14(12)3)9-19-11-17(10-18)6-5-7-17/h8,19H,5-7,9-11,18H2,1-4H3. The third-order valence-corrected chi connectivity index (χ3v) is 5.17. The maximum atomic E-state index is 5.92. The average molecular weight is 260 g/mol. The monoisotopic (exact) mass is 260 g/mol. The van der Waals surface area contributed by atoms with Crippen LogP contribution in [-0.2, 0) is 6.54 Å². The second kappa shape index (κ2) is 5.64. The van der Waals surface area contributed by atoms with E-state index in [0.29, 0.717) is 5.41 Å². The summed E-state index contributed by atoms with van der Waals surface area (Å²) >= 11 is 0. The Kier molecular flexibility index (Phi) is 4.32. The zero-order valence-corrected chi connectivity index (χ0v) is 12.9. The Morgan fingerprint density at radius 1 is 1.11 bits per heavy atom. The van der Waals surface area contributed by atoms with Gasteiger partial charge >= 0.3 is 0 Å². The minimum absolute atomic E-state index is 0.390. The number of hydrogen-bond acceptors (Lipinski definition) is 2. The van der Waals surface area contributed by atoms with Crippen LogP contribution in [0.15, 0.2) is 6.07 Å². The van der Waals surface area contributed by atoms with Crippen LogP contribution in [0.5, 0.6) is 0 Å². The van der Waals surface area contributed by atoms with Gasteiger partial charge < -0.3 is 11.1 Å². The summed E-state index contributed by atoms with van der Waals surface area (Å²) in [5, 5.41) is 3.65. The number of aryl methyl sites for hydroxylation is 2. The fraction of sp³-hybridized carbons (Fsp3) is 0.647. The van der Waals surface area contributed by atoms with Crippen molar-refractivity contribution in [3.8, 4) is 0 Å². The van der Waals surface area contributed by atoms with E-state index in [4.69, 9.17) is 5.73 Å². The molecule has 106 valence electrons. The average Bonchev–Trinajstić information content (AvgIpc) is 2.34. The molecule has 0 radical (unpaired) electrons. The maximum absolute atomic E-state index is 5.92. The Hall–Kier alpha value is -0.860. The van der Waals surface area contributed by atoms with E-state index in [1.807, 2.05) is 0 Å². The van der Waals surface area contributed by atoms with Crippen molar-refractivity contribution in [2.75, 3.05) is 13.1 Å². The Labute approximate surface area is 117 Å². The highest BCUT2D eigenvalue weighted by Gasteiger charge is 2.34. The van der Waals surface area contributed by atoms with Crippen LogP contribution in [0.4, 0.5) is 0 Å². The molecule has 0 saturated heterocycles. The van der Waals surface area contributed by atoms with Crippen molar-refractivity contribution in [1.29, 1.82) is 0 Å². The van der Waals surface area contributed by atoms with E-state index in [0.717, 1.165) is 19.6 Å². The van der Waals surface area contributed by atoms with Crippen molar-refractivity contribution < 1.29 is 0 Å². The van der Waals surface area contributed by atoms with Gasteiger partial charge in [-0.25, -0.2) is 0 Å². The van der Waals surface area contributed by atoms with Crippen molar-refractivity contribution >= 4 is 0 Å². The molecule has 2 nitrogen and oxygen atoms in total. The molecule has 1 fully saturated rings. The summed E-state index contributed by atoms with van der Waals surface area (Å²) in [6, 6.07) is 2.29. The number of rotatable bonds is 5. The molecule has 3 N–H and O–H groups in total. The van der Waals surface area contributed by atoms with Gasteiger partial charge in [-0.05, 0) is 80.3 Å². The number of nitrogens with one attached hydrogen (secondary N) is 1. The Bertz CT molecular complexity index is 427. The molecular formula is C17H28N2. The zero-order chi connectivity index (χ0) is 14.0. The quantitative estimate of drug-likeness (QED) is 0.853. The minimum atomic E-state index is 0.390. The first-order chi connectivity index (χ1) is 8.99. The van der Waals surface area contributed by atoms with Crippen LogP contribution in [-0.4, -0.2) is 13.1 Å². The van der Waals surface area contributed by atoms with E-state index in [1.54, 1.807) is 0 Å². The van der Waals surface area contributed by atoms with E-state index < -0.39 is 0 Å². The van der Waals surface area contributed by atoms with Gasteiger partial charge in [-0.1, -0.05) is 12.5 Å². The highest BCUT2D eigenvalue weighted by Crippen LogP contribution is 2.39. The molecule has 0 unspecified atom stereocenters. The van der Waals surface area contributed by atoms with Crippen molar-refractivity contribution in [3.63, 3.8) is 0 Å². The maximum Gasteiger partial charge on any atom is 0.0211 e. The summed E-state index contributed by atoms with van der Waals surface area (Å²) in [5.41, 5.74) is 13.5. The first kappa shape index (κ1) is 14.5. The fourth-order valence-corrected chi connectivity index (χ4v) is 3.15. The van der Waals surface area contributed by atoms with Gasteiger partial charge in [-0.15, -0.1) is 0 Å². The molecular weight excluding hydrogens is 232 g/mol. The molecule has 0 aliphatic heterocycles. The first-order valence-corrected chi connectivity index (χ1v) is 7.46. The van der Waals surface area contributed by atoms with Gasteiger partial charge in [0.2, 0.25) is 0 Å². The van der Waals surface area contributed by atoms with Crippen molar-refractivity contribution in [2.24, 2.45) is 11.1 Å². The first-order valence-electron chi connectivity index (χ1n) is 7.46. The van der Waals surface area contributed by atoms with Crippen LogP contribution in [0.25, 0.3) is 0 Å². The van der Waals surface area contributed by atoms with Gasteiger partial charge in [0.1, 0.15) is 0 Å². The van der Waals surface area contributed by atoms with Gasteiger partial charge in [-0.3, -0.25) is 0 Å². The SMILES string of the molecule is Cc1cc(C)c(C)c(CNCC2(CN)CCC2)c1C. The van der Waals surface area contributed by atoms with Crippen LogP contribution in [0, 0.1) is 33.1 Å². The van der Waals surface area contributed by atoms with Crippen LogP contribution < -0.4 is 11.1 Å².